The first-order valence-corrected chi connectivity index (χ1v) is 10.8. The number of rotatable bonds is 4. The number of hydrogen-bond acceptors (Lipinski definition) is 5. The molecule has 1 aliphatic rings. The zero-order valence-electron chi connectivity index (χ0n) is 15.0. The van der Waals surface area contributed by atoms with Gasteiger partial charge in [0.05, 0.1) is 40.1 Å². The molecule has 1 fully saturated rings. The van der Waals surface area contributed by atoms with Gasteiger partial charge >= 0.3 is 6.09 Å². The van der Waals surface area contributed by atoms with E-state index < -0.39 is 5.60 Å². The molecular formula is C17H24BrIN2O3S. The molecule has 2 rings (SSSR count). The van der Waals surface area contributed by atoms with E-state index in [0.29, 0.717) is 25.6 Å². The van der Waals surface area contributed by atoms with Crippen LogP contribution in [-0.4, -0.2) is 42.5 Å². The van der Waals surface area contributed by atoms with Gasteiger partial charge in [-0.3, -0.25) is 0 Å². The predicted octanol–water partition coefficient (Wildman–Crippen LogP) is 5.44. The van der Waals surface area contributed by atoms with Crippen LogP contribution in [0.2, 0.25) is 0 Å². The number of ether oxygens (including phenoxy) is 2. The summed E-state index contributed by atoms with van der Waals surface area (Å²) in [5.41, 5.74) is 0.645. The standard InChI is InChI=1S/C17H24BrIN2O3S/c1-17(2,3)24-16(22)21-7-5-11(6-8-21)14(20-19)15-13(18)9-12(25-15)10-23-4/h9,11H,5-8,10H2,1-4H3. The highest BCUT2D eigenvalue weighted by Crippen LogP contribution is 2.34. The maximum atomic E-state index is 12.2. The average Bonchev–Trinajstić information content (AvgIpc) is 2.88. The number of hydrogen-bond donors (Lipinski definition) is 0. The summed E-state index contributed by atoms with van der Waals surface area (Å²) in [6.45, 7) is 7.68. The summed E-state index contributed by atoms with van der Waals surface area (Å²) in [7, 11) is 1.70. The second-order valence-electron chi connectivity index (χ2n) is 7.03. The molecule has 140 valence electrons. The van der Waals surface area contributed by atoms with Crippen LogP contribution in [0.3, 0.4) is 0 Å². The van der Waals surface area contributed by atoms with Crippen molar-refractivity contribution in [2.24, 2.45) is 9.12 Å². The van der Waals surface area contributed by atoms with Crippen LogP contribution in [-0.2, 0) is 16.1 Å². The van der Waals surface area contributed by atoms with Crippen LogP contribution in [0.4, 0.5) is 4.79 Å². The van der Waals surface area contributed by atoms with Gasteiger partial charge < -0.3 is 14.4 Å². The number of carbonyl (C=O) groups is 1. The van der Waals surface area contributed by atoms with Crippen molar-refractivity contribution in [1.29, 1.82) is 0 Å². The van der Waals surface area contributed by atoms with Crippen LogP contribution >= 0.6 is 50.1 Å². The third-order valence-electron chi connectivity index (χ3n) is 3.88. The van der Waals surface area contributed by atoms with Crippen molar-refractivity contribution >= 4 is 61.9 Å². The second kappa shape index (κ2) is 9.14. The minimum atomic E-state index is -0.456. The number of nitrogens with zero attached hydrogens (tertiary/aromatic N) is 2. The maximum absolute atomic E-state index is 12.2. The van der Waals surface area contributed by atoms with Gasteiger partial charge in [-0.25, -0.2) is 8.00 Å². The van der Waals surface area contributed by atoms with E-state index >= 15 is 0 Å². The quantitative estimate of drug-likeness (QED) is 0.376. The third-order valence-corrected chi connectivity index (χ3v) is 6.42. The number of halogens is 2. The van der Waals surface area contributed by atoms with E-state index in [2.05, 4.69) is 48.1 Å². The van der Waals surface area contributed by atoms with Crippen LogP contribution in [0.5, 0.6) is 0 Å². The SMILES string of the molecule is COCc1cc(Br)c(C(=NI)C2CCN(C(=O)OC(C)(C)C)CC2)s1. The molecule has 0 saturated carbocycles. The molecule has 0 N–H and O–H groups in total. The lowest BCUT2D eigenvalue weighted by molar-refractivity contribution is 0.0202. The molecule has 1 saturated heterocycles. The van der Waals surface area contributed by atoms with Crippen LogP contribution in [0.25, 0.3) is 0 Å². The topological polar surface area (TPSA) is 51.1 Å². The van der Waals surface area contributed by atoms with Gasteiger partial charge in [-0.05, 0) is 55.6 Å². The zero-order chi connectivity index (χ0) is 18.6. The largest absolute Gasteiger partial charge is 0.444 e. The van der Waals surface area contributed by atoms with Crippen molar-refractivity contribution < 1.29 is 14.3 Å². The van der Waals surface area contributed by atoms with E-state index in [9.17, 15) is 4.79 Å². The number of likely N-dealkylation sites (tertiary alicyclic amines) is 1. The molecule has 0 aromatic carbocycles. The average molecular weight is 543 g/mol. The van der Waals surface area contributed by atoms with Crippen LogP contribution < -0.4 is 0 Å². The normalized spacial score (nSPS) is 17.0. The predicted molar refractivity (Wildman–Crippen MR) is 114 cm³/mol. The summed E-state index contributed by atoms with van der Waals surface area (Å²) in [4.78, 5) is 16.3. The molecule has 8 heteroatoms. The molecule has 0 radical (unpaired) electrons. The molecule has 0 aliphatic carbocycles. The molecule has 1 aromatic rings. The minimum absolute atomic E-state index is 0.224. The Morgan fingerprint density at radius 1 is 1.44 bits per heavy atom. The summed E-state index contributed by atoms with van der Waals surface area (Å²) < 4.78 is 16.3. The molecule has 2 heterocycles. The lowest BCUT2D eigenvalue weighted by Crippen LogP contribution is -2.43. The van der Waals surface area contributed by atoms with Crippen molar-refractivity contribution in [3.05, 3.63) is 20.3 Å². The third kappa shape index (κ3) is 5.90. The smallest absolute Gasteiger partial charge is 0.410 e. The lowest BCUT2D eigenvalue weighted by Gasteiger charge is -2.33. The highest BCUT2D eigenvalue weighted by molar-refractivity contribution is 14.1. The summed E-state index contributed by atoms with van der Waals surface area (Å²) >= 11 is 7.44. The first-order chi connectivity index (χ1) is 11.7. The number of methoxy groups -OCH3 is 1. The highest BCUT2D eigenvalue weighted by atomic mass is 127. The van der Waals surface area contributed by atoms with E-state index in [1.165, 1.54) is 4.88 Å². The van der Waals surface area contributed by atoms with E-state index in [-0.39, 0.29) is 6.09 Å². The van der Waals surface area contributed by atoms with Gasteiger partial charge in [0.1, 0.15) is 5.60 Å². The van der Waals surface area contributed by atoms with E-state index in [0.717, 1.165) is 27.9 Å². The minimum Gasteiger partial charge on any atom is -0.444 e. The monoisotopic (exact) mass is 542 g/mol. The lowest BCUT2D eigenvalue weighted by atomic mass is 9.91. The van der Waals surface area contributed by atoms with Gasteiger partial charge in [-0.2, -0.15) is 0 Å². The van der Waals surface area contributed by atoms with Gasteiger partial charge in [0.15, 0.2) is 0 Å². The zero-order valence-corrected chi connectivity index (χ0v) is 19.5. The Kier molecular flexibility index (Phi) is 7.72. The van der Waals surface area contributed by atoms with E-state index in [1.807, 2.05) is 20.8 Å². The van der Waals surface area contributed by atoms with Gasteiger partial charge in [0.25, 0.3) is 0 Å². The fourth-order valence-electron chi connectivity index (χ4n) is 2.76. The van der Waals surface area contributed by atoms with Crippen LogP contribution in [0.15, 0.2) is 13.7 Å². The molecule has 5 nitrogen and oxygen atoms in total. The van der Waals surface area contributed by atoms with Gasteiger partial charge in [0, 0.05) is 35.5 Å². The van der Waals surface area contributed by atoms with E-state index in [1.54, 1.807) is 23.3 Å². The number of carbonyl (C=O) groups excluding carboxylic acids is 1. The van der Waals surface area contributed by atoms with Gasteiger partial charge in [-0.1, -0.05) is 0 Å². The Balaban J connectivity index is 2.02. The molecule has 1 amide bonds. The Morgan fingerprint density at radius 2 is 2.08 bits per heavy atom. The fourth-order valence-corrected chi connectivity index (χ4v) is 5.52. The molecule has 0 bridgehead atoms. The first kappa shape index (κ1) is 21.1. The van der Waals surface area contributed by atoms with Crippen LogP contribution in [0.1, 0.15) is 43.4 Å². The van der Waals surface area contributed by atoms with Crippen molar-refractivity contribution in [2.45, 2.75) is 45.8 Å². The molecule has 0 spiro atoms. The Bertz CT molecular complexity index is 634. The Labute approximate surface area is 175 Å². The van der Waals surface area contributed by atoms with Gasteiger partial charge in [-0.15, -0.1) is 11.3 Å². The van der Waals surface area contributed by atoms with Gasteiger partial charge in [0.2, 0.25) is 0 Å². The summed E-state index contributed by atoms with van der Waals surface area (Å²) in [5, 5.41) is 0. The van der Waals surface area contributed by atoms with Crippen molar-refractivity contribution in [3.8, 4) is 0 Å². The number of thiophene rings is 1. The summed E-state index contributed by atoms with van der Waals surface area (Å²) in [5.74, 6) is 0.348. The Morgan fingerprint density at radius 3 is 2.60 bits per heavy atom. The highest BCUT2D eigenvalue weighted by Gasteiger charge is 2.30. The molecule has 25 heavy (non-hydrogen) atoms. The molecule has 0 atom stereocenters. The Hall–Kier alpha value is -0.190. The van der Waals surface area contributed by atoms with Crippen LogP contribution in [0, 0.1) is 5.92 Å². The van der Waals surface area contributed by atoms with Crippen molar-refractivity contribution in [3.63, 3.8) is 0 Å². The molecule has 1 aromatic heterocycles. The van der Waals surface area contributed by atoms with Crippen molar-refractivity contribution in [2.75, 3.05) is 20.2 Å². The maximum Gasteiger partial charge on any atom is 0.410 e. The molecule has 0 unspecified atom stereocenters. The molecular weight excluding hydrogens is 519 g/mol. The number of piperidine rings is 1. The van der Waals surface area contributed by atoms with E-state index in [4.69, 9.17) is 9.47 Å². The summed E-state index contributed by atoms with van der Waals surface area (Å²) in [6, 6.07) is 2.10. The summed E-state index contributed by atoms with van der Waals surface area (Å²) in [6.07, 6.45) is 1.56. The fraction of sp³-hybridized carbons (Fsp3) is 0.647. The first-order valence-electron chi connectivity index (χ1n) is 8.19. The van der Waals surface area contributed by atoms with Crippen molar-refractivity contribution in [1.82, 2.24) is 4.90 Å². The number of amides is 1. The molecule has 1 aliphatic heterocycles. The second-order valence-corrected chi connectivity index (χ2v) is 9.51.